The Bertz CT molecular complexity index is 711. The van der Waals surface area contributed by atoms with E-state index in [0.717, 1.165) is 30.4 Å². The fraction of sp³-hybridized carbons (Fsp3) is 0.636. The summed E-state index contributed by atoms with van der Waals surface area (Å²) in [7, 11) is 0. The van der Waals surface area contributed by atoms with Gasteiger partial charge in [-0.3, -0.25) is 4.79 Å². The number of benzene rings is 1. The predicted molar refractivity (Wildman–Crippen MR) is 102 cm³/mol. The maximum absolute atomic E-state index is 13.5. The lowest BCUT2D eigenvalue weighted by molar-refractivity contribution is -0.126. The van der Waals surface area contributed by atoms with Crippen LogP contribution in [0.15, 0.2) is 18.2 Å². The van der Waals surface area contributed by atoms with Crippen molar-refractivity contribution in [2.75, 3.05) is 0 Å². The fourth-order valence-electron chi connectivity index (χ4n) is 4.42. The second-order valence-corrected chi connectivity index (χ2v) is 9.01. The second kappa shape index (κ2) is 7.61. The molecule has 2 atom stereocenters. The van der Waals surface area contributed by atoms with Gasteiger partial charge in [0.15, 0.2) is 0 Å². The number of amides is 1. The summed E-state index contributed by atoms with van der Waals surface area (Å²) in [6.45, 7) is 7.52. The zero-order valence-electron chi connectivity index (χ0n) is 16.8. The molecule has 2 fully saturated rings. The number of hydrogen-bond acceptors (Lipinski definition) is 3. The minimum Gasteiger partial charge on any atom is -0.444 e. The Morgan fingerprint density at radius 2 is 1.81 bits per heavy atom. The maximum atomic E-state index is 13.5. The molecule has 2 aliphatic heterocycles. The van der Waals surface area contributed by atoms with Crippen molar-refractivity contribution in [2.45, 2.75) is 83.9 Å². The Morgan fingerprint density at radius 1 is 1.19 bits per heavy atom. The third-order valence-corrected chi connectivity index (χ3v) is 5.71. The largest absolute Gasteiger partial charge is 0.444 e. The Labute approximate surface area is 161 Å². The molecule has 0 N–H and O–H groups in total. The highest BCUT2D eigenvalue weighted by atomic mass is 19.1. The molecule has 2 heterocycles. The molecule has 2 unspecified atom stereocenters. The van der Waals surface area contributed by atoms with Crippen LogP contribution in [-0.4, -0.2) is 34.5 Å². The Balaban J connectivity index is 1.69. The van der Waals surface area contributed by atoms with Crippen LogP contribution in [0.25, 0.3) is 0 Å². The van der Waals surface area contributed by atoms with Crippen molar-refractivity contribution in [3.63, 3.8) is 0 Å². The van der Waals surface area contributed by atoms with Gasteiger partial charge in [0.1, 0.15) is 17.2 Å². The summed E-state index contributed by atoms with van der Waals surface area (Å²) in [5.74, 6) is -0.217. The van der Waals surface area contributed by atoms with E-state index in [1.54, 1.807) is 6.07 Å². The normalized spacial score (nSPS) is 25.2. The van der Waals surface area contributed by atoms with Crippen LogP contribution in [0, 0.1) is 18.7 Å². The van der Waals surface area contributed by atoms with Crippen molar-refractivity contribution in [1.29, 1.82) is 0 Å². The summed E-state index contributed by atoms with van der Waals surface area (Å²) in [4.78, 5) is 27.4. The predicted octanol–water partition coefficient (Wildman–Crippen LogP) is 4.81. The lowest BCUT2D eigenvalue weighted by Gasteiger charge is -2.48. The maximum Gasteiger partial charge on any atom is 0.410 e. The lowest BCUT2D eigenvalue weighted by atomic mass is 9.76. The van der Waals surface area contributed by atoms with Gasteiger partial charge in [-0.1, -0.05) is 6.07 Å². The lowest BCUT2D eigenvalue weighted by Crippen LogP contribution is -2.56. The summed E-state index contributed by atoms with van der Waals surface area (Å²) < 4.78 is 19.1. The SMILES string of the molecule is Cc1ccc(F)cc1CC(=O)C1CC2CCCC(C1)N2C(=O)OC(C)(C)C. The first-order valence-corrected chi connectivity index (χ1v) is 9.93. The van der Waals surface area contributed by atoms with Crippen molar-refractivity contribution < 1.29 is 18.7 Å². The van der Waals surface area contributed by atoms with E-state index in [0.29, 0.717) is 12.8 Å². The van der Waals surface area contributed by atoms with E-state index in [1.807, 2.05) is 32.6 Å². The van der Waals surface area contributed by atoms with Gasteiger partial charge >= 0.3 is 6.09 Å². The van der Waals surface area contributed by atoms with Crippen molar-refractivity contribution >= 4 is 11.9 Å². The number of carbonyl (C=O) groups excluding carboxylic acids is 2. The van der Waals surface area contributed by atoms with Crippen LogP contribution in [0.5, 0.6) is 0 Å². The van der Waals surface area contributed by atoms with Gasteiger partial charge in [-0.05, 0) is 83.1 Å². The van der Waals surface area contributed by atoms with Gasteiger partial charge in [0.05, 0.1) is 0 Å². The summed E-state index contributed by atoms with van der Waals surface area (Å²) in [6, 6.07) is 4.74. The summed E-state index contributed by atoms with van der Waals surface area (Å²) in [5.41, 5.74) is 1.18. The van der Waals surface area contributed by atoms with Crippen molar-refractivity contribution in [3.05, 3.63) is 35.1 Å². The highest BCUT2D eigenvalue weighted by Gasteiger charge is 2.44. The third kappa shape index (κ3) is 4.69. The minimum atomic E-state index is -0.521. The summed E-state index contributed by atoms with van der Waals surface area (Å²) >= 11 is 0. The monoisotopic (exact) mass is 375 g/mol. The van der Waals surface area contributed by atoms with E-state index >= 15 is 0 Å². The average Bonchev–Trinajstić information content (AvgIpc) is 2.55. The first-order valence-electron chi connectivity index (χ1n) is 9.93. The fourth-order valence-corrected chi connectivity index (χ4v) is 4.42. The molecule has 2 aliphatic rings. The Hall–Kier alpha value is -1.91. The van der Waals surface area contributed by atoms with Crippen LogP contribution in [0.1, 0.15) is 64.0 Å². The molecule has 1 aromatic carbocycles. The van der Waals surface area contributed by atoms with E-state index in [9.17, 15) is 14.0 Å². The van der Waals surface area contributed by atoms with Crippen molar-refractivity contribution in [3.8, 4) is 0 Å². The van der Waals surface area contributed by atoms with Gasteiger partial charge in [0.25, 0.3) is 0 Å². The van der Waals surface area contributed by atoms with E-state index in [1.165, 1.54) is 12.1 Å². The molecule has 0 aliphatic carbocycles. The number of piperidine rings is 2. The molecule has 0 aromatic heterocycles. The van der Waals surface area contributed by atoms with E-state index in [-0.39, 0.29) is 42.1 Å². The number of fused-ring (bicyclic) bond motifs is 2. The van der Waals surface area contributed by atoms with Gasteiger partial charge in [0.2, 0.25) is 0 Å². The molecule has 5 heteroatoms. The smallest absolute Gasteiger partial charge is 0.410 e. The van der Waals surface area contributed by atoms with Crippen LogP contribution < -0.4 is 0 Å². The van der Waals surface area contributed by atoms with Crippen molar-refractivity contribution in [2.24, 2.45) is 5.92 Å². The first kappa shape index (κ1) is 19.8. The minimum absolute atomic E-state index is 0.0647. The van der Waals surface area contributed by atoms with Gasteiger partial charge in [0, 0.05) is 24.4 Å². The molecule has 2 saturated heterocycles. The molecular weight excluding hydrogens is 345 g/mol. The molecule has 4 nitrogen and oxygen atoms in total. The number of aryl methyl sites for hydroxylation is 1. The molecule has 1 aromatic rings. The molecule has 2 bridgehead atoms. The summed E-state index contributed by atoms with van der Waals surface area (Å²) in [6.07, 6.45) is 4.28. The van der Waals surface area contributed by atoms with Crippen LogP contribution >= 0.6 is 0 Å². The molecule has 27 heavy (non-hydrogen) atoms. The standard InChI is InChI=1S/C22H30FNO3/c1-14-8-9-17(23)10-15(14)13-20(25)16-11-18-6-5-7-19(12-16)24(18)21(26)27-22(2,3)4/h8-10,16,18-19H,5-7,11-13H2,1-4H3. The third-order valence-electron chi connectivity index (χ3n) is 5.71. The van der Waals surface area contributed by atoms with Crippen LogP contribution in [0.2, 0.25) is 0 Å². The molecule has 1 amide bonds. The van der Waals surface area contributed by atoms with Crippen LogP contribution in [0.3, 0.4) is 0 Å². The number of Topliss-reactive ketones (excluding diaryl/α,β-unsaturated/α-hetero) is 1. The summed E-state index contributed by atoms with van der Waals surface area (Å²) in [5, 5.41) is 0. The first-order chi connectivity index (χ1) is 12.6. The van der Waals surface area contributed by atoms with Gasteiger partial charge in [-0.25, -0.2) is 9.18 Å². The number of ether oxygens (including phenoxy) is 1. The van der Waals surface area contributed by atoms with Crippen LogP contribution in [0.4, 0.5) is 9.18 Å². The van der Waals surface area contributed by atoms with E-state index < -0.39 is 5.60 Å². The molecule has 0 saturated carbocycles. The number of rotatable bonds is 3. The molecule has 3 rings (SSSR count). The number of carbonyl (C=O) groups is 2. The number of halogens is 1. The quantitative estimate of drug-likeness (QED) is 0.761. The van der Waals surface area contributed by atoms with Gasteiger partial charge < -0.3 is 9.64 Å². The molecular formula is C22H30FNO3. The number of hydrogen-bond donors (Lipinski definition) is 0. The average molecular weight is 375 g/mol. The second-order valence-electron chi connectivity index (χ2n) is 9.01. The van der Waals surface area contributed by atoms with E-state index in [4.69, 9.17) is 4.74 Å². The van der Waals surface area contributed by atoms with Gasteiger partial charge in [-0.2, -0.15) is 0 Å². The zero-order chi connectivity index (χ0) is 19.8. The van der Waals surface area contributed by atoms with Crippen LogP contribution in [-0.2, 0) is 16.0 Å². The highest BCUT2D eigenvalue weighted by molar-refractivity contribution is 5.84. The molecule has 0 spiro atoms. The number of nitrogens with zero attached hydrogens (tertiary/aromatic N) is 1. The van der Waals surface area contributed by atoms with E-state index in [2.05, 4.69) is 0 Å². The molecule has 148 valence electrons. The topological polar surface area (TPSA) is 46.6 Å². The Kier molecular flexibility index (Phi) is 5.59. The highest BCUT2D eigenvalue weighted by Crippen LogP contribution is 2.38. The molecule has 0 radical (unpaired) electrons. The van der Waals surface area contributed by atoms with Gasteiger partial charge in [-0.15, -0.1) is 0 Å². The Morgan fingerprint density at radius 3 is 2.41 bits per heavy atom. The number of ketones is 1. The zero-order valence-corrected chi connectivity index (χ0v) is 16.8. The van der Waals surface area contributed by atoms with Crippen molar-refractivity contribution in [1.82, 2.24) is 4.90 Å².